The van der Waals surface area contributed by atoms with Crippen LogP contribution in [0.4, 0.5) is 0 Å². The third-order valence-corrected chi connectivity index (χ3v) is 3.86. The van der Waals surface area contributed by atoms with Crippen LogP contribution >= 0.6 is 0 Å². The van der Waals surface area contributed by atoms with E-state index in [-0.39, 0.29) is 0 Å². The molecule has 3 rings (SSSR count). The van der Waals surface area contributed by atoms with E-state index in [1.54, 1.807) is 0 Å². The second kappa shape index (κ2) is 4.92. The Bertz CT molecular complexity index is 480. The molecule has 1 fully saturated rings. The molecule has 2 aromatic rings. The van der Waals surface area contributed by atoms with Crippen LogP contribution in [0.1, 0.15) is 31.2 Å². The molecule has 0 aliphatic heterocycles. The monoisotopic (exact) mass is 228 g/mol. The first-order valence-corrected chi connectivity index (χ1v) is 6.68. The molecule has 0 unspecified atom stereocenters. The Hall–Kier alpha value is -1.28. The summed E-state index contributed by atoms with van der Waals surface area (Å²) in [5.41, 5.74) is 2.61. The first-order chi connectivity index (χ1) is 8.42. The van der Waals surface area contributed by atoms with Gasteiger partial charge >= 0.3 is 0 Å². The average Bonchev–Trinajstić information content (AvgIpc) is 2.98. The molecule has 0 bridgehead atoms. The average molecular weight is 228 g/mol. The minimum Gasteiger partial charge on any atom is -0.361 e. The van der Waals surface area contributed by atoms with Crippen LogP contribution in [0.2, 0.25) is 0 Å². The molecule has 1 aromatic heterocycles. The first-order valence-electron chi connectivity index (χ1n) is 6.68. The molecule has 1 aliphatic rings. The van der Waals surface area contributed by atoms with Crippen molar-refractivity contribution in [3.63, 3.8) is 0 Å². The largest absolute Gasteiger partial charge is 0.361 e. The van der Waals surface area contributed by atoms with Crippen molar-refractivity contribution in [3.8, 4) is 0 Å². The molecular weight excluding hydrogens is 208 g/mol. The molecule has 2 nitrogen and oxygen atoms in total. The summed E-state index contributed by atoms with van der Waals surface area (Å²) in [6, 6.07) is 8.78. The maximum Gasteiger partial charge on any atom is 0.0457 e. The second-order valence-electron chi connectivity index (χ2n) is 5.18. The lowest BCUT2D eigenvalue weighted by molar-refractivity contribution is 0.489. The summed E-state index contributed by atoms with van der Waals surface area (Å²) in [5, 5.41) is 4.88. The Balaban J connectivity index is 1.56. The highest BCUT2D eigenvalue weighted by atomic mass is 14.9. The summed E-state index contributed by atoms with van der Waals surface area (Å²) < 4.78 is 0. The van der Waals surface area contributed by atoms with Crippen LogP contribution in [0, 0.1) is 5.92 Å². The molecule has 0 saturated heterocycles. The van der Waals surface area contributed by atoms with Crippen LogP contribution in [0.5, 0.6) is 0 Å². The SMILES string of the molecule is c1cc2ccc(CNCC3CCCC3)cc2[nH]1. The van der Waals surface area contributed by atoms with E-state index in [4.69, 9.17) is 0 Å². The van der Waals surface area contributed by atoms with Gasteiger partial charge in [0.1, 0.15) is 0 Å². The molecule has 1 saturated carbocycles. The van der Waals surface area contributed by atoms with Crippen LogP contribution < -0.4 is 5.32 Å². The van der Waals surface area contributed by atoms with Gasteiger partial charge in [0.2, 0.25) is 0 Å². The highest BCUT2D eigenvalue weighted by Gasteiger charge is 2.13. The lowest BCUT2D eigenvalue weighted by atomic mass is 10.1. The predicted molar refractivity (Wildman–Crippen MR) is 72.0 cm³/mol. The molecule has 0 radical (unpaired) electrons. The third kappa shape index (κ3) is 2.52. The van der Waals surface area contributed by atoms with E-state index in [0.717, 1.165) is 12.5 Å². The molecule has 1 aliphatic carbocycles. The molecule has 0 amide bonds. The molecule has 0 atom stereocenters. The molecule has 2 N–H and O–H groups in total. The number of hydrogen-bond acceptors (Lipinski definition) is 1. The zero-order valence-corrected chi connectivity index (χ0v) is 10.2. The topological polar surface area (TPSA) is 27.8 Å². The normalized spacial score (nSPS) is 16.9. The van der Waals surface area contributed by atoms with Gasteiger partial charge in [0.15, 0.2) is 0 Å². The van der Waals surface area contributed by atoms with Gasteiger partial charge in [-0.15, -0.1) is 0 Å². The van der Waals surface area contributed by atoms with E-state index < -0.39 is 0 Å². The zero-order valence-electron chi connectivity index (χ0n) is 10.2. The van der Waals surface area contributed by atoms with Crippen molar-refractivity contribution in [2.24, 2.45) is 5.92 Å². The van der Waals surface area contributed by atoms with Gasteiger partial charge in [0.05, 0.1) is 0 Å². The fourth-order valence-corrected chi connectivity index (χ4v) is 2.84. The van der Waals surface area contributed by atoms with Gasteiger partial charge in [0, 0.05) is 18.3 Å². The van der Waals surface area contributed by atoms with Crippen molar-refractivity contribution in [2.45, 2.75) is 32.2 Å². The molecule has 2 heteroatoms. The summed E-state index contributed by atoms with van der Waals surface area (Å²) >= 11 is 0. The Morgan fingerprint density at radius 1 is 1.18 bits per heavy atom. The smallest absolute Gasteiger partial charge is 0.0457 e. The van der Waals surface area contributed by atoms with Gasteiger partial charge in [-0.3, -0.25) is 0 Å². The van der Waals surface area contributed by atoms with E-state index in [2.05, 4.69) is 34.6 Å². The lowest BCUT2D eigenvalue weighted by Crippen LogP contribution is -2.20. The fraction of sp³-hybridized carbons (Fsp3) is 0.467. The van der Waals surface area contributed by atoms with Crippen molar-refractivity contribution < 1.29 is 0 Å². The summed E-state index contributed by atoms with van der Waals surface area (Å²) in [7, 11) is 0. The number of aromatic nitrogens is 1. The van der Waals surface area contributed by atoms with Crippen LogP contribution in [0.15, 0.2) is 30.5 Å². The van der Waals surface area contributed by atoms with Crippen LogP contribution in [0.25, 0.3) is 10.9 Å². The van der Waals surface area contributed by atoms with E-state index >= 15 is 0 Å². The molecular formula is C15H20N2. The molecule has 1 heterocycles. The molecule has 17 heavy (non-hydrogen) atoms. The van der Waals surface area contributed by atoms with Gasteiger partial charge < -0.3 is 10.3 Å². The number of fused-ring (bicyclic) bond motifs is 1. The minimum absolute atomic E-state index is 0.921. The molecule has 90 valence electrons. The summed E-state index contributed by atoms with van der Waals surface area (Å²) in [5.74, 6) is 0.921. The molecule has 1 aromatic carbocycles. The first kappa shape index (κ1) is 10.8. The number of H-pyrrole nitrogens is 1. The second-order valence-corrected chi connectivity index (χ2v) is 5.18. The Morgan fingerprint density at radius 3 is 2.94 bits per heavy atom. The summed E-state index contributed by atoms with van der Waals surface area (Å²) in [4.78, 5) is 3.26. The summed E-state index contributed by atoms with van der Waals surface area (Å²) in [6.07, 6.45) is 7.70. The van der Waals surface area contributed by atoms with Gasteiger partial charge in [-0.1, -0.05) is 25.0 Å². The number of rotatable bonds is 4. The quantitative estimate of drug-likeness (QED) is 0.824. The van der Waals surface area contributed by atoms with E-state index in [1.165, 1.54) is 48.7 Å². The standard InChI is InChI=1S/C15H20N2/c1-2-4-12(3-1)10-16-11-13-5-6-14-7-8-17-15(14)9-13/h5-9,12,16-17H,1-4,10-11H2. The Labute approximate surface area is 102 Å². The highest BCUT2D eigenvalue weighted by Crippen LogP contribution is 2.23. The van der Waals surface area contributed by atoms with E-state index in [9.17, 15) is 0 Å². The number of aromatic amines is 1. The maximum atomic E-state index is 3.59. The van der Waals surface area contributed by atoms with E-state index in [1.807, 2.05) is 6.20 Å². The third-order valence-electron chi connectivity index (χ3n) is 3.86. The van der Waals surface area contributed by atoms with Crippen molar-refractivity contribution in [2.75, 3.05) is 6.54 Å². The zero-order chi connectivity index (χ0) is 11.5. The van der Waals surface area contributed by atoms with Crippen molar-refractivity contribution in [3.05, 3.63) is 36.0 Å². The summed E-state index contributed by atoms with van der Waals surface area (Å²) in [6.45, 7) is 2.17. The molecule has 0 spiro atoms. The van der Waals surface area contributed by atoms with Gasteiger partial charge in [0.25, 0.3) is 0 Å². The van der Waals surface area contributed by atoms with Crippen molar-refractivity contribution >= 4 is 10.9 Å². The van der Waals surface area contributed by atoms with Crippen LogP contribution in [-0.2, 0) is 6.54 Å². The Kier molecular flexibility index (Phi) is 3.14. The number of hydrogen-bond donors (Lipinski definition) is 2. The lowest BCUT2D eigenvalue weighted by Gasteiger charge is -2.10. The van der Waals surface area contributed by atoms with Crippen LogP contribution in [-0.4, -0.2) is 11.5 Å². The van der Waals surface area contributed by atoms with Gasteiger partial charge in [-0.2, -0.15) is 0 Å². The van der Waals surface area contributed by atoms with E-state index in [0.29, 0.717) is 0 Å². The maximum absolute atomic E-state index is 3.59. The fourth-order valence-electron chi connectivity index (χ4n) is 2.84. The van der Waals surface area contributed by atoms with Gasteiger partial charge in [-0.25, -0.2) is 0 Å². The Morgan fingerprint density at radius 2 is 2.06 bits per heavy atom. The highest BCUT2D eigenvalue weighted by molar-refractivity contribution is 5.79. The predicted octanol–water partition coefficient (Wildman–Crippen LogP) is 3.45. The minimum atomic E-state index is 0.921. The van der Waals surface area contributed by atoms with Crippen LogP contribution in [0.3, 0.4) is 0 Å². The van der Waals surface area contributed by atoms with Crippen molar-refractivity contribution in [1.82, 2.24) is 10.3 Å². The van der Waals surface area contributed by atoms with Crippen molar-refractivity contribution in [1.29, 1.82) is 0 Å². The number of benzene rings is 1. The number of nitrogens with one attached hydrogen (secondary N) is 2. The van der Waals surface area contributed by atoms with Gasteiger partial charge in [-0.05, 0) is 48.4 Å².